The molecule has 0 aliphatic heterocycles. The number of hydrogen-bond donors (Lipinski definition) is 0. The predicted octanol–water partition coefficient (Wildman–Crippen LogP) is 5.04. The van der Waals surface area contributed by atoms with Gasteiger partial charge in [0.15, 0.2) is 0 Å². The zero-order chi connectivity index (χ0) is 21.6. The molecule has 3 aromatic rings. The first kappa shape index (κ1) is 21.8. The molecule has 5 nitrogen and oxygen atoms in total. The Kier molecular flexibility index (Phi) is 7.10. The van der Waals surface area contributed by atoms with Crippen LogP contribution in [0.25, 0.3) is 16.9 Å². The predicted molar refractivity (Wildman–Crippen MR) is 109 cm³/mol. The van der Waals surface area contributed by atoms with Gasteiger partial charge in [0.25, 0.3) is 0 Å². The molecule has 0 amide bonds. The highest BCUT2D eigenvalue weighted by molar-refractivity contribution is 6.17. The summed E-state index contributed by atoms with van der Waals surface area (Å²) in [6, 6.07) is 10.8. The second-order valence-electron chi connectivity index (χ2n) is 6.62. The second kappa shape index (κ2) is 9.75. The molecule has 0 fully saturated rings. The fourth-order valence-electron chi connectivity index (χ4n) is 2.91. The lowest BCUT2D eigenvalue weighted by Crippen LogP contribution is -2.12. The highest BCUT2D eigenvalue weighted by atomic mass is 35.5. The number of imidazole rings is 1. The van der Waals surface area contributed by atoms with Gasteiger partial charge in [0, 0.05) is 30.2 Å². The lowest BCUT2D eigenvalue weighted by Gasteiger charge is -2.07. The summed E-state index contributed by atoms with van der Waals surface area (Å²) in [7, 11) is 0. The van der Waals surface area contributed by atoms with Crippen molar-refractivity contribution in [3.05, 3.63) is 59.9 Å². The number of alkyl halides is 4. The van der Waals surface area contributed by atoms with Gasteiger partial charge in [-0.3, -0.25) is 9.20 Å². The van der Waals surface area contributed by atoms with Crippen LogP contribution < -0.4 is 0 Å². The van der Waals surface area contributed by atoms with Crippen molar-refractivity contribution in [1.82, 2.24) is 9.38 Å². The molecule has 3 rings (SSSR count). The van der Waals surface area contributed by atoms with Crippen LogP contribution in [0.5, 0.6) is 0 Å². The summed E-state index contributed by atoms with van der Waals surface area (Å²) in [5.74, 6) is -0.0876. The molecule has 0 bridgehead atoms. The number of pyridine rings is 1. The van der Waals surface area contributed by atoms with Crippen LogP contribution in [0.4, 0.5) is 13.2 Å². The Balaban J connectivity index is 1.75. The summed E-state index contributed by atoms with van der Waals surface area (Å²) < 4.78 is 38.8. The standard InChI is InChI=1S/C21H19ClF3N3O2/c22-7-9-30-27-13-16-5-8-28-19(14-26-20(28)12-16)17-3-1-2-15(10-17)11-18(29)4-6-21(23,24)25/h1-3,5,8,10,12-14H,4,6-7,9,11H2/b27-13-. The van der Waals surface area contributed by atoms with Gasteiger partial charge in [-0.15, -0.1) is 11.6 Å². The van der Waals surface area contributed by atoms with Crippen molar-refractivity contribution in [1.29, 1.82) is 0 Å². The molecule has 0 saturated heterocycles. The number of benzene rings is 1. The Morgan fingerprint density at radius 1 is 1.27 bits per heavy atom. The minimum atomic E-state index is -4.33. The molecule has 0 spiro atoms. The Labute approximate surface area is 176 Å². The summed E-state index contributed by atoms with van der Waals surface area (Å²) >= 11 is 5.52. The number of ketones is 1. The molecule has 1 aromatic carbocycles. The molecule has 0 aliphatic rings. The Bertz CT molecular complexity index is 1050. The summed E-state index contributed by atoms with van der Waals surface area (Å²) in [6.07, 6.45) is -0.873. The number of carbonyl (C=O) groups is 1. The van der Waals surface area contributed by atoms with Crippen LogP contribution in [0, 0.1) is 0 Å². The molecule has 158 valence electrons. The van der Waals surface area contributed by atoms with Crippen LogP contribution in [-0.4, -0.2) is 40.0 Å². The third kappa shape index (κ3) is 6.06. The van der Waals surface area contributed by atoms with Crippen LogP contribution in [-0.2, 0) is 16.1 Å². The van der Waals surface area contributed by atoms with Crippen molar-refractivity contribution in [3.63, 3.8) is 0 Å². The summed E-state index contributed by atoms with van der Waals surface area (Å²) in [4.78, 5) is 21.3. The third-order valence-electron chi connectivity index (χ3n) is 4.29. The number of Topliss-reactive ketones (excluding diaryl/α,β-unsaturated/α-hetero) is 1. The average molecular weight is 438 g/mol. The highest BCUT2D eigenvalue weighted by Gasteiger charge is 2.27. The molecule has 0 N–H and O–H groups in total. The molecule has 9 heteroatoms. The average Bonchev–Trinajstić information content (AvgIpc) is 3.13. The van der Waals surface area contributed by atoms with Crippen LogP contribution in [0.15, 0.2) is 53.9 Å². The highest BCUT2D eigenvalue weighted by Crippen LogP contribution is 2.24. The zero-order valence-corrected chi connectivity index (χ0v) is 16.7. The SMILES string of the molecule is O=C(CCC(F)(F)F)Cc1cccc(-c2cnc3cc(/C=N\OCCCl)ccn23)c1. The number of aromatic nitrogens is 2. The van der Waals surface area contributed by atoms with E-state index in [0.717, 1.165) is 16.8 Å². The molecule has 2 heterocycles. The molecule has 0 saturated carbocycles. The first-order valence-electron chi connectivity index (χ1n) is 9.22. The lowest BCUT2D eigenvalue weighted by molar-refractivity contribution is -0.143. The van der Waals surface area contributed by atoms with Gasteiger partial charge in [0.1, 0.15) is 18.0 Å². The van der Waals surface area contributed by atoms with E-state index < -0.39 is 24.8 Å². The molecule has 30 heavy (non-hydrogen) atoms. The van der Waals surface area contributed by atoms with Crippen molar-refractivity contribution in [2.24, 2.45) is 5.16 Å². The maximum atomic E-state index is 12.3. The van der Waals surface area contributed by atoms with Gasteiger partial charge in [0.05, 0.1) is 30.4 Å². The van der Waals surface area contributed by atoms with E-state index in [9.17, 15) is 18.0 Å². The van der Waals surface area contributed by atoms with Crippen molar-refractivity contribution in [2.45, 2.75) is 25.4 Å². The minimum absolute atomic E-state index is 0.0381. The van der Waals surface area contributed by atoms with E-state index in [1.165, 1.54) is 0 Å². The summed E-state index contributed by atoms with van der Waals surface area (Å²) in [5.41, 5.74) is 3.78. The van der Waals surface area contributed by atoms with Gasteiger partial charge in [0.2, 0.25) is 0 Å². The van der Waals surface area contributed by atoms with Gasteiger partial charge in [-0.25, -0.2) is 4.98 Å². The first-order valence-corrected chi connectivity index (χ1v) is 9.75. The maximum absolute atomic E-state index is 12.3. The lowest BCUT2D eigenvalue weighted by atomic mass is 10.0. The van der Waals surface area contributed by atoms with E-state index in [1.54, 1.807) is 30.6 Å². The molecular weight excluding hydrogens is 419 g/mol. The van der Waals surface area contributed by atoms with E-state index in [-0.39, 0.29) is 6.42 Å². The van der Waals surface area contributed by atoms with Gasteiger partial charge >= 0.3 is 6.18 Å². The minimum Gasteiger partial charge on any atom is -0.395 e. The van der Waals surface area contributed by atoms with E-state index >= 15 is 0 Å². The van der Waals surface area contributed by atoms with Crippen LogP contribution in [0.3, 0.4) is 0 Å². The fourth-order valence-corrected chi connectivity index (χ4v) is 2.98. The quantitative estimate of drug-likeness (QED) is 0.204. The van der Waals surface area contributed by atoms with Crippen molar-refractivity contribution < 1.29 is 22.8 Å². The van der Waals surface area contributed by atoms with Crippen LogP contribution in [0.2, 0.25) is 0 Å². The number of fused-ring (bicyclic) bond motifs is 1. The van der Waals surface area contributed by atoms with Crippen molar-refractivity contribution in [2.75, 3.05) is 12.5 Å². The molecule has 0 aliphatic carbocycles. The number of oxime groups is 1. The number of carbonyl (C=O) groups excluding carboxylic acids is 1. The first-order chi connectivity index (χ1) is 14.4. The second-order valence-corrected chi connectivity index (χ2v) is 7.00. The largest absolute Gasteiger partial charge is 0.395 e. The Morgan fingerprint density at radius 2 is 2.10 bits per heavy atom. The summed E-state index contributed by atoms with van der Waals surface area (Å²) in [5, 5.41) is 3.82. The van der Waals surface area contributed by atoms with E-state index in [0.29, 0.717) is 23.7 Å². The summed E-state index contributed by atoms with van der Waals surface area (Å²) in [6.45, 7) is 0.322. The smallest absolute Gasteiger partial charge is 0.389 e. The fraction of sp³-hybridized carbons (Fsp3) is 0.286. The molecular formula is C21H19ClF3N3O2. The van der Waals surface area contributed by atoms with Gasteiger partial charge in [-0.2, -0.15) is 13.2 Å². The topological polar surface area (TPSA) is 56.0 Å². The van der Waals surface area contributed by atoms with Gasteiger partial charge in [-0.1, -0.05) is 23.4 Å². The van der Waals surface area contributed by atoms with E-state index in [4.69, 9.17) is 16.4 Å². The normalized spacial score (nSPS) is 12.0. The molecule has 0 atom stereocenters. The third-order valence-corrected chi connectivity index (χ3v) is 4.45. The van der Waals surface area contributed by atoms with Crippen molar-refractivity contribution in [3.8, 4) is 11.3 Å². The number of hydrogen-bond acceptors (Lipinski definition) is 4. The zero-order valence-electron chi connectivity index (χ0n) is 15.9. The number of halogens is 4. The number of nitrogens with zero attached hydrogens (tertiary/aromatic N) is 3. The molecule has 0 unspecified atom stereocenters. The van der Waals surface area contributed by atoms with Gasteiger partial charge in [-0.05, 0) is 23.8 Å². The van der Waals surface area contributed by atoms with E-state index in [2.05, 4.69) is 10.1 Å². The van der Waals surface area contributed by atoms with Crippen molar-refractivity contribution >= 4 is 29.2 Å². The molecule has 0 radical (unpaired) electrons. The monoisotopic (exact) mass is 437 g/mol. The van der Waals surface area contributed by atoms with Crippen LogP contribution >= 0.6 is 11.6 Å². The van der Waals surface area contributed by atoms with Crippen LogP contribution in [0.1, 0.15) is 24.0 Å². The number of rotatable bonds is 9. The van der Waals surface area contributed by atoms with Gasteiger partial charge < -0.3 is 4.84 Å². The molecule has 2 aromatic heterocycles. The Morgan fingerprint density at radius 3 is 2.87 bits per heavy atom. The maximum Gasteiger partial charge on any atom is 0.389 e. The van der Waals surface area contributed by atoms with E-state index in [1.807, 2.05) is 28.8 Å². The Hall–Kier alpha value is -2.87.